The van der Waals surface area contributed by atoms with Crippen molar-refractivity contribution in [2.24, 2.45) is 0 Å². The second kappa shape index (κ2) is 6.67. The predicted octanol–water partition coefficient (Wildman–Crippen LogP) is 4.24. The second-order valence-corrected chi connectivity index (χ2v) is 6.49. The van der Waals surface area contributed by atoms with Crippen molar-refractivity contribution in [3.8, 4) is 17.1 Å². The van der Waals surface area contributed by atoms with E-state index in [1.165, 1.54) is 6.92 Å². The molecular formula is C21H20O5. The van der Waals surface area contributed by atoms with Crippen LogP contribution in [0.15, 0.2) is 45.6 Å². The van der Waals surface area contributed by atoms with Gasteiger partial charge in [0.25, 0.3) is 0 Å². The summed E-state index contributed by atoms with van der Waals surface area (Å²) >= 11 is 0. The van der Waals surface area contributed by atoms with Gasteiger partial charge in [-0.05, 0) is 51.0 Å². The van der Waals surface area contributed by atoms with Crippen LogP contribution in [0.4, 0.5) is 0 Å². The Bertz CT molecular complexity index is 1040. The number of carbonyl (C=O) groups is 1. The van der Waals surface area contributed by atoms with Gasteiger partial charge in [0.15, 0.2) is 11.9 Å². The molecule has 0 aliphatic heterocycles. The molecule has 0 aliphatic carbocycles. The highest BCUT2D eigenvalue weighted by atomic mass is 16.5. The van der Waals surface area contributed by atoms with Crippen molar-refractivity contribution < 1.29 is 19.1 Å². The first kappa shape index (κ1) is 17.7. The van der Waals surface area contributed by atoms with E-state index in [2.05, 4.69) is 0 Å². The summed E-state index contributed by atoms with van der Waals surface area (Å²) in [6.07, 6.45) is -1.17. The van der Waals surface area contributed by atoms with Crippen LogP contribution in [0.3, 0.4) is 0 Å². The molecular weight excluding hydrogens is 332 g/mol. The van der Waals surface area contributed by atoms with Crippen LogP contribution in [-0.4, -0.2) is 17.2 Å². The molecule has 0 saturated heterocycles. The summed E-state index contributed by atoms with van der Waals surface area (Å²) in [4.78, 5) is 24.2. The second-order valence-electron chi connectivity index (χ2n) is 6.49. The van der Waals surface area contributed by atoms with Gasteiger partial charge in [-0.3, -0.25) is 4.79 Å². The highest BCUT2D eigenvalue weighted by Crippen LogP contribution is 2.32. The molecule has 134 valence electrons. The van der Waals surface area contributed by atoms with Gasteiger partial charge in [-0.2, -0.15) is 0 Å². The number of hydrogen-bond acceptors (Lipinski definition) is 4. The lowest BCUT2D eigenvalue weighted by atomic mass is 10.0. The van der Waals surface area contributed by atoms with Crippen molar-refractivity contribution in [1.82, 2.24) is 0 Å². The van der Waals surface area contributed by atoms with Crippen LogP contribution in [0.25, 0.3) is 22.3 Å². The van der Waals surface area contributed by atoms with Crippen LogP contribution in [0.2, 0.25) is 0 Å². The van der Waals surface area contributed by atoms with Gasteiger partial charge in [0.1, 0.15) is 5.58 Å². The normalized spacial score (nSPS) is 12.2. The molecule has 0 bridgehead atoms. The molecule has 1 heterocycles. The number of fused-ring (bicyclic) bond motifs is 1. The first-order valence-corrected chi connectivity index (χ1v) is 8.32. The van der Waals surface area contributed by atoms with Gasteiger partial charge in [0, 0.05) is 5.56 Å². The van der Waals surface area contributed by atoms with Crippen molar-refractivity contribution in [1.29, 1.82) is 0 Å². The van der Waals surface area contributed by atoms with Gasteiger partial charge >= 0.3 is 5.97 Å². The molecule has 3 rings (SSSR count). The molecule has 5 nitrogen and oxygen atoms in total. The SMILES string of the molecule is Cc1ccc(-c2oc3cc(C)c(C)cc3c(=O)c2OC(C)C(=O)O)cc1. The molecule has 0 saturated carbocycles. The highest BCUT2D eigenvalue weighted by Gasteiger charge is 2.22. The molecule has 1 atom stereocenters. The fraction of sp³-hybridized carbons (Fsp3) is 0.238. The first-order valence-electron chi connectivity index (χ1n) is 8.32. The Morgan fingerprint density at radius 3 is 2.31 bits per heavy atom. The maximum atomic E-state index is 13.0. The minimum atomic E-state index is -1.17. The van der Waals surface area contributed by atoms with E-state index in [1.807, 2.05) is 51.1 Å². The maximum absolute atomic E-state index is 13.0. The zero-order chi connectivity index (χ0) is 19.0. The molecule has 0 amide bonds. The van der Waals surface area contributed by atoms with Crippen LogP contribution >= 0.6 is 0 Å². The molecule has 0 spiro atoms. The molecule has 5 heteroatoms. The number of benzene rings is 2. The Morgan fingerprint density at radius 2 is 1.69 bits per heavy atom. The van der Waals surface area contributed by atoms with E-state index in [4.69, 9.17) is 14.3 Å². The minimum Gasteiger partial charge on any atom is -0.479 e. The topological polar surface area (TPSA) is 76.7 Å². The van der Waals surface area contributed by atoms with Gasteiger partial charge in [0.05, 0.1) is 5.39 Å². The number of carboxylic acids is 1. The van der Waals surface area contributed by atoms with Crippen LogP contribution in [0, 0.1) is 20.8 Å². The monoisotopic (exact) mass is 352 g/mol. The molecule has 0 radical (unpaired) electrons. The van der Waals surface area contributed by atoms with Gasteiger partial charge in [-0.15, -0.1) is 0 Å². The van der Waals surface area contributed by atoms with Gasteiger partial charge in [0.2, 0.25) is 11.2 Å². The van der Waals surface area contributed by atoms with Crippen molar-refractivity contribution in [3.63, 3.8) is 0 Å². The number of aliphatic carboxylic acids is 1. The maximum Gasteiger partial charge on any atom is 0.344 e. The lowest BCUT2D eigenvalue weighted by Crippen LogP contribution is -2.26. The Balaban J connectivity index is 2.32. The molecule has 0 aliphatic rings. The summed E-state index contributed by atoms with van der Waals surface area (Å²) in [6.45, 7) is 7.18. The first-order chi connectivity index (χ1) is 12.3. The average molecular weight is 352 g/mol. The Kier molecular flexibility index (Phi) is 4.55. The van der Waals surface area contributed by atoms with Gasteiger partial charge < -0.3 is 14.3 Å². The van der Waals surface area contributed by atoms with Gasteiger partial charge in [-0.25, -0.2) is 4.79 Å². The Hall–Kier alpha value is -3.08. The summed E-state index contributed by atoms with van der Waals surface area (Å²) in [5.74, 6) is -1.00. The minimum absolute atomic E-state index is 0.0838. The van der Waals surface area contributed by atoms with Crippen molar-refractivity contribution >= 4 is 16.9 Å². The summed E-state index contributed by atoms with van der Waals surface area (Å²) in [5.41, 5.74) is 3.74. The summed E-state index contributed by atoms with van der Waals surface area (Å²) in [7, 11) is 0. The fourth-order valence-corrected chi connectivity index (χ4v) is 2.66. The van der Waals surface area contributed by atoms with E-state index in [1.54, 1.807) is 6.07 Å². The van der Waals surface area contributed by atoms with E-state index >= 15 is 0 Å². The zero-order valence-electron chi connectivity index (χ0n) is 15.1. The van der Waals surface area contributed by atoms with Crippen LogP contribution in [-0.2, 0) is 4.79 Å². The molecule has 3 aromatic rings. The van der Waals surface area contributed by atoms with E-state index in [0.29, 0.717) is 16.5 Å². The van der Waals surface area contributed by atoms with Crippen LogP contribution in [0.1, 0.15) is 23.6 Å². The molecule has 26 heavy (non-hydrogen) atoms. The number of ether oxygens (including phenoxy) is 1. The third kappa shape index (κ3) is 3.20. The predicted molar refractivity (Wildman–Crippen MR) is 99.9 cm³/mol. The third-order valence-electron chi connectivity index (χ3n) is 4.42. The molecule has 1 N–H and O–H groups in total. The zero-order valence-corrected chi connectivity index (χ0v) is 15.1. The third-order valence-corrected chi connectivity index (χ3v) is 4.42. The van der Waals surface area contributed by atoms with E-state index in [0.717, 1.165) is 16.7 Å². The molecule has 2 aromatic carbocycles. The standard InChI is InChI=1S/C21H20O5/c1-11-5-7-15(8-6-11)19-20(25-14(4)21(23)24)18(22)16-9-12(2)13(3)10-17(16)26-19/h5-10,14H,1-4H3,(H,23,24). The molecule has 1 unspecified atom stereocenters. The summed E-state index contributed by atoms with van der Waals surface area (Å²) in [5, 5.41) is 9.54. The van der Waals surface area contributed by atoms with Crippen molar-refractivity contribution in [2.45, 2.75) is 33.8 Å². The molecule has 1 aromatic heterocycles. The number of carboxylic acid groups (broad SMARTS) is 1. The number of hydrogen-bond donors (Lipinski definition) is 1. The smallest absolute Gasteiger partial charge is 0.344 e. The lowest BCUT2D eigenvalue weighted by molar-refractivity contribution is -0.144. The van der Waals surface area contributed by atoms with Gasteiger partial charge in [-0.1, -0.05) is 29.8 Å². The van der Waals surface area contributed by atoms with E-state index in [9.17, 15) is 9.59 Å². The van der Waals surface area contributed by atoms with E-state index < -0.39 is 12.1 Å². The quantitative estimate of drug-likeness (QED) is 0.760. The lowest BCUT2D eigenvalue weighted by Gasteiger charge is -2.15. The number of rotatable bonds is 4. The van der Waals surface area contributed by atoms with Crippen LogP contribution < -0.4 is 10.2 Å². The van der Waals surface area contributed by atoms with Crippen molar-refractivity contribution in [3.05, 3.63) is 63.3 Å². The number of aryl methyl sites for hydroxylation is 3. The molecule has 0 fully saturated rings. The fourth-order valence-electron chi connectivity index (χ4n) is 2.66. The Morgan fingerprint density at radius 1 is 1.08 bits per heavy atom. The summed E-state index contributed by atoms with van der Waals surface area (Å²) in [6, 6.07) is 11.0. The average Bonchev–Trinajstić information content (AvgIpc) is 2.59. The highest BCUT2D eigenvalue weighted by molar-refractivity contribution is 5.83. The van der Waals surface area contributed by atoms with Crippen molar-refractivity contribution in [2.75, 3.05) is 0 Å². The van der Waals surface area contributed by atoms with Crippen LogP contribution in [0.5, 0.6) is 5.75 Å². The summed E-state index contributed by atoms with van der Waals surface area (Å²) < 4.78 is 11.5. The largest absolute Gasteiger partial charge is 0.479 e. The van der Waals surface area contributed by atoms with E-state index in [-0.39, 0.29) is 16.9 Å². The Labute approximate surface area is 150 Å².